The smallest absolute Gasteiger partial charge is 0.244 e. The van der Waals surface area contributed by atoms with Gasteiger partial charge < -0.3 is 9.80 Å². The highest BCUT2D eigenvalue weighted by molar-refractivity contribution is 6.32. The molecule has 0 radical (unpaired) electrons. The van der Waals surface area contributed by atoms with Crippen LogP contribution in [-0.4, -0.2) is 37.5 Å². The van der Waals surface area contributed by atoms with Crippen molar-refractivity contribution in [3.63, 3.8) is 0 Å². The van der Waals surface area contributed by atoms with E-state index in [1.807, 2.05) is 12.1 Å². The predicted octanol–water partition coefficient (Wildman–Crippen LogP) is 2.27. The number of benzene rings is 1. The van der Waals surface area contributed by atoms with Gasteiger partial charge in [-0.15, -0.1) is 0 Å². The molecule has 0 saturated carbocycles. The van der Waals surface area contributed by atoms with E-state index in [-0.39, 0.29) is 11.9 Å². The Morgan fingerprint density at radius 1 is 1.53 bits per heavy atom. The minimum absolute atomic E-state index is 0.109. The third-order valence-electron chi connectivity index (χ3n) is 3.38. The summed E-state index contributed by atoms with van der Waals surface area (Å²) in [7, 11) is 3.54. The molecule has 1 saturated heterocycles. The fraction of sp³-hybridized carbons (Fsp3) is 0.429. The van der Waals surface area contributed by atoms with Crippen LogP contribution in [0.15, 0.2) is 18.2 Å². The Morgan fingerprint density at radius 2 is 2.26 bits per heavy atom. The molecule has 5 heteroatoms. The summed E-state index contributed by atoms with van der Waals surface area (Å²) < 4.78 is 0. The molecule has 100 valence electrons. The zero-order valence-corrected chi connectivity index (χ0v) is 11.8. The lowest BCUT2D eigenvalue weighted by molar-refractivity contribution is -0.129. The maximum Gasteiger partial charge on any atom is 0.244 e. The highest BCUT2D eigenvalue weighted by atomic mass is 35.5. The molecular formula is C14H16ClN3O. The van der Waals surface area contributed by atoms with Crippen molar-refractivity contribution in [3.05, 3.63) is 28.8 Å². The SMILES string of the molecule is CN(C)C(=O)C1CCCN1c1ccc(C#N)c(Cl)c1. The van der Waals surface area contributed by atoms with Crippen LogP contribution in [0.2, 0.25) is 5.02 Å². The normalized spacial score (nSPS) is 18.2. The van der Waals surface area contributed by atoms with Crippen molar-refractivity contribution in [1.29, 1.82) is 5.26 Å². The number of anilines is 1. The van der Waals surface area contributed by atoms with Crippen LogP contribution in [0.1, 0.15) is 18.4 Å². The maximum absolute atomic E-state index is 12.1. The first-order valence-electron chi connectivity index (χ1n) is 6.22. The lowest BCUT2D eigenvalue weighted by Gasteiger charge is -2.28. The molecule has 1 aliphatic heterocycles. The number of halogens is 1. The number of likely N-dealkylation sites (N-methyl/N-ethyl adjacent to an activating group) is 1. The number of nitriles is 1. The molecule has 0 spiro atoms. The minimum atomic E-state index is -0.126. The molecule has 1 atom stereocenters. The standard InChI is InChI=1S/C14H16ClN3O/c1-17(2)14(19)13-4-3-7-18(13)11-6-5-10(9-16)12(15)8-11/h5-6,8,13H,3-4,7H2,1-2H3. The van der Waals surface area contributed by atoms with Gasteiger partial charge in [0.2, 0.25) is 5.91 Å². The molecule has 1 amide bonds. The predicted molar refractivity (Wildman–Crippen MR) is 75.2 cm³/mol. The van der Waals surface area contributed by atoms with Gasteiger partial charge in [-0.1, -0.05) is 11.6 Å². The quantitative estimate of drug-likeness (QED) is 0.833. The second kappa shape index (κ2) is 5.50. The van der Waals surface area contributed by atoms with E-state index >= 15 is 0 Å². The zero-order chi connectivity index (χ0) is 14.0. The Morgan fingerprint density at radius 3 is 2.84 bits per heavy atom. The van der Waals surface area contributed by atoms with Crippen molar-refractivity contribution in [2.45, 2.75) is 18.9 Å². The molecular weight excluding hydrogens is 262 g/mol. The Balaban J connectivity index is 2.28. The van der Waals surface area contributed by atoms with Gasteiger partial charge in [-0.25, -0.2) is 0 Å². The van der Waals surface area contributed by atoms with E-state index in [2.05, 4.69) is 4.90 Å². The largest absolute Gasteiger partial charge is 0.359 e. The Bertz CT molecular complexity index is 536. The summed E-state index contributed by atoms with van der Waals surface area (Å²) in [6, 6.07) is 7.23. The van der Waals surface area contributed by atoms with Crippen molar-refractivity contribution in [1.82, 2.24) is 4.90 Å². The number of nitrogens with zero attached hydrogens (tertiary/aromatic N) is 3. The summed E-state index contributed by atoms with van der Waals surface area (Å²) in [4.78, 5) is 15.8. The number of hydrogen-bond donors (Lipinski definition) is 0. The van der Waals surface area contributed by atoms with Crippen LogP contribution < -0.4 is 4.90 Å². The molecule has 0 aliphatic carbocycles. The summed E-state index contributed by atoms with van der Waals surface area (Å²) in [5, 5.41) is 9.31. The first-order valence-corrected chi connectivity index (χ1v) is 6.60. The third-order valence-corrected chi connectivity index (χ3v) is 3.70. The molecule has 1 unspecified atom stereocenters. The lowest BCUT2D eigenvalue weighted by atomic mass is 10.1. The molecule has 4 nitrogen and oxygen atoms in total. The molecule has 0 aromatic heterocycles. The molecule has 1 heterocycles. The van der Waals surface area contributed by atoms with E-state index in [0.717, 1.165) is 25.1 Å². The first kappa shape index (κ1) is 13.7. The van der Waals surface area contributed by atoms with Crippen molar-refractivity contribution in [2.24, 2.45) is 0 Å². The van der Waals surface area contributed by atoms with Crippen molar-refractivity contribution in [2.75, 3.05) is 25.5 Å². The summed E-state index contributed by atoms with van der Waals surface area (Å²) >= 11 is 6.05. The number of hydrogen-bond acceptors (Lipinski definition) is 3. The lowest BCUT2D eigenvalue weighted by Crippen LogP contribution is -2.42. The Hall–Kier alpha value is -1.73. The van der Waals surface area contributed by atoms with Crippen LogP contribution in [-0.2, 0) is 4.79 Å². The molecule has 2 rings (SSSR count). The summed E-state index contributed by atoms with van der Waals surface area (Å²) in [6.07, 6.45) is 1.84. The van der Waals surface area contributed by atoms with E-state index in [1.54, 1.807) is 31.1 Å². The number of rotatable bonds is 2. The molecule has 0 N–H and O–H groups in total. The molecule has 1 fully saturated rings. The van der Waals surface area contributed by atoms with Gasteiger partial charge in [0.1, 0.15) is 12.1 Å². The van der Waals surface area contributed by atoms with E-state index in [9.17, 15) is 4.79 Å². The van der Waals surface area contributed by atoms with Crippen molar-refractivity contribution >= 4 is 23.2 Å². The minimum Gasteiger partial charge on any atom is -0.359 e. The molecule has 1 aliphatic rings. The summed E-state index contributed by atoms with van der Waals surface area (Å²) in [5.41, 5.74) is 1.36. The van der Waals surface area contributed by atoms with Gasteiger partial charge >= 0.3 is 0 Å². The van der Waals surface area contributed by atoms with Gasteiger partial charge in [0.05, 0.1) is 10.6 Å². The van der Waals surface area contributed by atoms with Crippen LogP contribution in [0.4, 0.5) is 5.69 Å². The number of amides is 1. The molecule has 1 aromatic rings. The highest BCUT2D eigenvalue weighted by Crippen LogP contribution is 2.29. The van der Waals surface area contributed by atoms with Crippen molar-refractivity contribution in [3.8, 4) is 6.07 Å². The first-order chi connectivity index (χ1) is 9.04. The average Bonchev–Trinajstić information content (AvgIpc) is 2.86. The maximum atomic E-state index is 12.1. The summed E-state index contributed by atoms with van der Waals surface area (Å²) in [5.74, 6) is 0.109. The van der Waals surface area contributed by atoms with Gasteiger partial charge in [0.25, 0.3) is 0 Å². The van der Waals surface area contributed by atoms with E-state index in [4.69, 9.17) is 16.9 Å². The topological polar surface area (TPSA) is 47.3 Å². The fourth-order valence-corrected chi connectivity index (χ4v) is 2.62. The van der Waals surface area contributed by atoms with Crippen molar-refractivity contribution < 1.29 is 4.79 Å². The van der Waals surface area contributed by atoms with E-state index in [0.29, 0.717) is 10.6 Å². The second-order valence-corrected chi connectivity index (χ2v) is 5.27. The second-order valence-electron chi connectivity index (χ2n) is 4.86. The molecule has 1 aromatic carbocycles. The Labute approximate surface area is 118 Å². The zero-order valence-electron chi connectivity index (χ0n) is 11.1. The van der Waals surface area contributed by atoms with Gasteiger partial charge in [-0.05, 0) is 31.0 Å². The van der Waals surface area contributed by atoms with Gasteiger partial charge in [0, 0.05) is 26.3 Å². The molecule has 19 heavy (non-hydrogen) atoms. The van der Waals surface area contributed by atoms with Crippen LogP contribution >= 0.6 is 11.6 Å². The Kier molecular flexibility index (Phi) is 3.96. The molecule has 0 bridgehead atoms. The van der Waals surface area contributed by atoms with Crippen LogP contribution in [0.25, 0.3) is 0 Å². The number of carbonyl (C=O) groups excluding carboxylic acids is 1. The van der Waals surface area contributed by atoms with E-state index in [1.165, 1.54) is 0 Å². The average molecular weight is 278 g/mol. The third kappa shape index (κ3) is 2.66. The van der Waals surface area contributed by atoms with E-state index < -0.39 is 0 Å². The highest BCUT2D eigenvalue weighted by Gasteiger charge is 2.31. The monoisotopic (exact) mass is 277 g/mol. The van der Waals surface area contributed by atoms with Gasteiger partial charge in [-0.2, -0.15) is 5.26 Å². The van der Waals surface area contributed by atoms with Gasteiger partial charge in [0.15, 0.2) is 0 Å². The van der Waals surface area contributed by atoms with Crippen LogP contribution in [0.5, 0.6) is 0 Å². The summed E-state index contributed by atoms with van der Waals surface area (Å²) in [6.45, 7) is 0.840. The van der Waals surface area contributed by atoms with Crippen LogP contribution in [0, 0.1) is 11.3 Å². The van der Waals surface area contributed by atoms with Gasteiger partial charge in [-0.3, -0.25) is 4.79 Å². The fourth-order valence-electron chi connectivity index (χ4n) is 2.40. The number of carbonyl (C=O) groups is 1. The van der Waals surface area contributed by atoms with Crippen LogP contribution in [0.3, 0.4) is 0 Å².